The summed E-state index contributed by atoms with van der Waals surface area (Å²) in [6, 6.07) is 12.4. The van der Waals surface area contributed by atoms with Gasteiger partial charge in [0, 0.05) is 45.0 Å². The van der Waals surface area contributed by atoms with Gasteiger partial charge in [-0.05, 0) is 48.5 Å². The summed E-state index contributed by atoms with van der Waals surface area (Å²) < 4.78 is 50.6. The standard InChI is InChI=1S/C22H26FN3O5S/c23-18-1-3-19(4-2-18)24-9-11-25(12-10-24)22(27)17-31-20-5-7-21(8-6-20)32(28,29)26-13-15-30-16-14-26/h1-8H,9-17H2. The fourth-order valence-electron chi connectivity index (χ4n) is 3.75. The van der Waals surface area contributed by atoms with Gasteiger partial charge in [0.1, 0.15) is 11.6 Å². The molecular formula is C22H26FN3O5S. The van der Waals surface area contributed by atoms with E-state index in [2.05, 4.69) is 4.90 Å². The predicted octanol–water partition coefficient (Wildman–Crippen LogP) is 1.57. The second kappa shape index (κ2) is 9.85. The Hall–Kier alpha value is -2.69. The Bertz CT molecular complexity index is 1020. The number of carbonyl (C=O) groups excluding carboxylic acids is 1. The van der Waals surface area contributed by atoms with E-state index < -0.39 is 10.0 Å². The minimum atomic E-state index is -3.56. The molecule has 2 aromatic rings. The Morgan fingerprint density at radius 2 is 1.53 bits per heavy atom. The number of nitrogens with zero attached hydrogens (tertiary/aromatic N) is 3. The van der Waals surface area contributed by atoms with E-state index in [1.807, 2.05) is 0 Å². The SMILES string of the molecule is O=C(COc1ccc(S(=O)(=O)N2CCOCC2)cc1)N1CCN(c2ccc(F)cc2)CC1. The first-order valence-electron chi connectivity index (χ1n) is 10.5. The molecule has 2 fully saturated rings. The molecule has 2 aliphatic rings. The maximum Gasteiger partial charge on any atom is 0.260 e. The highest BCUT2D eigenvalue weighted by molar-refractivity contribution is 7.89. The lowest BCUT2D eigenvalue weighted by molar-refractivity contribution is -0.133. The maximum absolute atomic E-state index is 13.1. The van der Waals surface area contributed by atoms with Crippen molar-refractivity contribution in [3.63, 3.8) is 0 Å². The molecule has 0 N–H and O–H groups in total. The molecule has 1 amide bonds. The number of morpholine rings is 1. The van der Waals surface area contributed by atoms with Gasteiger partial charge in [0.25, 0.3) is 5.91 Å². The zero-order valence-corrected chi connectivity index (χ0v) is 18.5. The summed E-state index contributed by atoms with van der Waals surface area (Å²) in [4.78, 5) is 16.5. The van der Waals surface area contributed by atoms with Crippen LogP contribution in [-0.2, 0) is 19.6 Å². The first kappa shape index (κ1) is 22.5. The van der Waals surface area contributed by atoms with Crippen molar-refractivity contribution in [3.8, 4) is 5.75 Å². The van der Waals surface area contributed by atoms with Crippen LogP contribution in [0.4, 0.5) is 10.1 Å². The van der Waals surface area contributed by atoms with Gasteiger partial charge in [-0.15, -0.1) is 0 Å². The molecule has 4 rings (SSSR count). The number of rotatable bonds is 6. The van der Waals surface area contributed by atoms with Gasteiger partial charge >= 0.3 is 0 Å². The van der Waals surface area contributed by atoms with Crippen molar-refractivity contribution in [1.82, 2.24) is 9.21 Å². The fraction of sp³-hybridized carbons (Fsp3) is 0.409. The molecule has 172 valence electrons. The Labute approximate surface area is 187 Å². The van der Waals surface area contributed by atoms with Crippen molar-refractivity contribution in [2.24, 2.45) is 0 Å². The molecule has 32 heavy (non-hydrogen) atoms. The number of hydrogen-bond donors (Lipinski definition) is 0. The fourth-order valence-corrected chi connectivity index (χ4v) is 5.15. The summed E-state index contributed by atoms with van der Waals surface area (Å²) in [5.41, 5.74) is 0.932. The van der Waals surface area contributed by atoms with Crippen molar-refractivity contribution in [1.29, 1.82) is 0 Å². The molecule has 8 nitrogen and oxygen atoms in total. The van der Waals surface area contributed by atoms with Gasteiger partial charge in [-0.2, -0.15) is 4.31 Å². The van der Waals surface area contributed by atoms with E-state index in [1.165, 1.54) is 28.6 Å². The summed E-state index contributed by atoms with van der Waals surface area (Å²) in [6.07, 6.45) is 0. The molecule has 0 aromatic heterocycles. The van der Waals surface area contributed by atoms with E-state index in [1.54, 1.807) is 29.2 Å². The van der Waals surface area contributed by atoms with E-state index in [9.17, 15) is 17.6 Å². The first-order chi connectivity index (χ1) is 15.4. The third kappa shape index (κ3) is 5.20. The molecule has 0 aliphatic carbocycles. The van der Waals surface area contributed by atoms with Crippen LogP contribution in [0, 0.1) is 5.82 Å². The maximum atomic E-state index is 13.1. The Morgan fingerprint density at radius 3 is 2.16 bits per heavy atom. The molecule has 2 aliphatic heterocycles. The normalized spacial score (nSPS) is 17.9. The zero-order valence-electron chi connectivity index (χ0n) is 17.7. The summed E-state index contributed by atoms with van der Waals surface area (Å²) in [6.45, 7) is 3.75. The average molecular weight is 464 g/mol. The lowest BCUT2D eigenvalue weighted by atomic mass is 10.2. The van der Waals surface area contributed by atoms with Gasteiger partial charge in [0.15, 0.2) is 6.61 Å². The second-order valence-corrected chi connectivity index (χ2v) is 9.56. The highest BCUT2D eigenvalue weighted by Gasteiger charge is 2.26. The Kier molecular flexibility index (Phi) is 6.92. The van der Waals surface area contributed by atoms with E-state index in [0.717, 1.165) is 5.69 Å². The monoisotopic (exact) mass is 463 g/mol. The van der Waals surface area contributed by atoms with Crippen LogP contribution in [0.25, 0.3) is 0 Å². The van der Waals surface area contributed by atoms with Crippen molar-refractivity contribution in [2.75, 3.05) is 64.0 Å². The van der Waals surface area contributed by atoms with Crippen molar-refractivity contribution in [3.05, 3.63) is 54.3 Å². The molecule has 0 spiro atoms. The molecule has 0 atom stereocenters. The molecule has 2 saturated heterocycles. The van der Waals surface area contributed by atoms with Crippen LogP contribution < -0.4 is 9.64 Å². The summed E-state index contributed by atoms with van der Waals surface area (Å²) >= 11 is 0. The number of halogens is 1. The first-order valence-corrected chi connectivity index (χ1v) is 12.0. The third-order valence-corrected chi connectivity index (χ3v) is 7.53. The van der Waals surface area contributed by atoms with Crippen LogP contribution >= 0.6 is 0 Å². The summed E-state index contributed by atoms with van der Waals surface area (Å²) in [5.74, 6) is 0.0319. The molecular weight excluding hydrogens is 437 g/mol. The predicted molar refractivity (Wildman–Crippen MR) is 117 cm³/mol. The quantitative estimate of drug-likeness (QED) is 0.647. The largest absolute Gasteiger partial charge is 0.484 e. The smallest absolute Gasteiger partial charge is 0.260 e. The summed E-state index contributed by atoms with van der Waals surface area (Å²) in [7, 11) is -3.56. The van der Waals surface area contributed by atoms with Crippen LogP contribution in [0.3, 0.4) is 0 Å². The lowest BCUT2D eigenvalue weighted by Gasteiger charge is -2.36. The number of ether oxygens (including phenoxy) is 2. The second-order valence-electron chi connectivity index (χ2n) is 7.62. The molecule has 0 bridgehead atoms. The third-order valence-electron chi connectivity index (χ3n) is 5.62. The number of piperazine rings is 1. The van der Waals surface area contributed by atoms with Crippen LogP contribution in [0.1, 0.15) is 0 Å². The number of sulfonamides is 1. The molecule has 2 aromatic carbocycles. The topological polar surface area (TPSA) is 79.4 Å². The molecule has 0 radical (unpaired) electrons. The van der Waals surface area contributed by atoms with E-state index in [-0.39, 0.29) is 23.2 Å². The average Bonchev–Trinajstić information content (AvgIpc) is 2.84. The minimum Gasteiger partial charge on any atom is -0.484 e. The molecule has 10 heteroatoms. The van der Waals surface area contributed by atoms with E-state index in [4.69, 9.17) is 9.47 Å². The van der Waals surface area contributed by atoms with Crippen molar-refractivity contribution < 1.29 is 27.1 Å². The number of benzene rings is 2. The highest BCUT2D eigenvalue weighted by atomic mass is 32.2. The molecule has 0 saturated carbocycles. The van der Waals surface area contributed by atoms with Gasteiger partial charge in [-0.1, -0.05) is 0 Å². The van der Waals surface area contributed by atoms with Crippen LogP contribution in [0.5, 0.6) is 5.75 Å². The van der Waals surface area contributed by atoms with Gasteiger partial charge in [0.2, 0.25) is 10.0 Å². The Balaban J connectivity index is 1.26. The number of amides is 1. The Morgan fingerprint density at radius 1 is 0.906 bits per heavy atom. The van der Waals surface area contributed by atoms with Gasteiger partial charge in [-0.3, -0.25) is 4.79 Å². The van der Waals surface area contributed by atoms with Crippen LogP contribution in [0.2, 0.25) is 0 Å². The lowest BCUT2D eigenvalue weighted by Crippen LogP contribution is -2.50. The van der Waals surface area contributed by atoms with Gasteiger partial charge in [0.05, 0.1) is 18.1 Å². The number of hydrogen-bond acceptors (Lipinski definition) is 6. The van der Waals surface area contributed by atoms with Crippen LogP contribution in [-0.4, -0.2) is 82.6 Å². The van der Waals surface area contributed by atoms with Gasteiger partial charge < -0.3 is 19.3 Å². The number of anilines is 1. The molecule has 0 unspecified atom stereocenters. The van der Waals surface area contributed by atoms with Crippen molar-refractivity contribution in [2.45, 2.75) is 4.90 Å². The molecule has 2 heterocycles. The van der Waals surface area contributed by atoms with E-state index >= 15 is 0 Å². The minimum absolute atomic E-state index is 0.119. The highest BCUT2D eigenvalue weighted by Crippen LogP contribution is 2.21. The van der Waals surface area contributed by atoms with E-state index in [0.29, 0.717) is 58.2 Å². The van der Waals surface area contributed by atoms with Crippen molar-refractivity contribution >= 4 is 21.6 Å². The van der Waals surface area contributed by atoms with Crippen LogP contribution in [0.15, 0.2) is 53.4 Å². The zero-order chi connectivity index (χ0) is 22.6. The van der Waals surface area contributed by atoms with Gasteiger partial charge in [-0.25, -0.2) is 12.8 Å². The number of carbonyl (C=O) groups is 1. The summed E-state index contributed by atoms with van der Waals surface area (Å²) in [5, 5.41) is 0.